The molecule has 0 aliphatic heterocycles. The molecule has 0 radical (unpaired) electrons. The highest BCUT2D eigenvalue weighted by Gasteiger charge is 2.21. The molecule has 2 rings (SSSR count). The van der Waals surface area contributed by atoms with Crippen LogP contribution in [0.2, 0.25) is 0 Å². The van der Waals surface area contributed by atoms with Crippen molar-refractivity contribution in [1.29, 1.82) is 0 Å². The minimum absolute atomic E-state index is 0.626. The second kappa shape index (κ2) is 6.66. The summed E-state index contributed by atoms with van der Waals surface area (Å²) in [7, 11) is 1.69. The molecule has 1 aliphatic carbocycles. The van der Waals surface area contributed by atoms with Gasteiger partial charge in [-0.05, 0) is 19.8 Å². The van der Waals surface area contributed by atoms with Gasteiger partial charge in [0.25, 0.3) is 0 Å². The van der Waals surface area contributed by atoms with Crippen molar-refractivity contribution < 1.29 is 9.47 Å². The van der Waals surface area contributed by atoms with E-state index in [-0.39, 0.29) is 0 Å². The maximum atomic E-state index is 5.70. The van der Waals surface area contributed by atoms with Crippen LogP contribution in [0.5, 0.6) is 5.88 Å². The first-order valence-electron chi connectivity index (χ1n) is 6.47. The van der Waals surface area contributed by atoms with Gasteiger partial charge in [-0.15, -0.1) is 0 Å². The van der Waals surface area contributed by atoms with E-state index in [0.29, 0.717) is 25.1 Å². The van der Waals surface area contributed by atoms with E-state index in [9.17, 15) is 0 Å². The summed E-state index contributed by atoms with van der Waals surface area (Å²) in [5, 5.41) is 3.45. The lowest BCUT2D eigenvalue weighted by atomic mass is 10.3. The Kier molecular flexibility index (Phi) is 4.90. The number of aryl methyl sites for hydroxylation is 1. The highest BCUT2D eigenvalue weighted by Crippen LogP contribution is 2.21. The Hall–Kier alpha value is -1.20. The van der Waals surface area contributed by atoms with E-state index in [2.05, 4.69) is 15.3 Å². The average Bonchev–Trinajstić information content (AvgIpc) is 3.17. The molecule has 0 unspecified atom stereocenters. The van der Waals surface area contributed by atoms with Crippen LogP contribution in [-0.2, 0) is 11.3 Å². The van der Waals surface area contributed by atoms with Crippen molar-refractivity contribution in [3.63, 3.8) is 0 Å². The molecule has 1 aromatic rings. The first-order valence-corrected chi connectivity index (χ1v) is 6.47. The minimum Gasteiger partial charge on any atom is -0.477 e. The van der Waals surface area contributed by atoms with Gasteiger partial charge < -0.3 is 14.8 Å². The topological polar surface area (TPSA) is 56.3 Å². The molecule has 0 atom stereocenters. The van der Waals surface area contributed by atoms with Gasteiger partial charge in [-0.1, -0.05) is 0 Å². The maximum absolute atomic E-state index is 5.70. The summed E-state index contributed by atoms with van der Waals surface area (Å²) in [5.74, 6) is 1.44. The standard InChI is InChI=1S/C13H21N3O2/c1-10-14-8-11(9-15-12-4-5-12)13(16-10)18-7-3-6-17-2/h8,12,15H,3-7,9H2,1-2H3. The van der Waals surface area contributed by atoms with Crippen molar-refractivity contribution in [3.8, 4) is 5.88 Å². The minimum atomic E-state index is 0.626. The molecule has 1 aromatic heterocycles. The second-order valence-electron chi connectivity index (χ2n) is 4.60. The summed E-state index contributed by atoms with van der Waals surface area (Å²) in [6.07, 6.45) is 5.27. The van der Waals surface area contributed by atoms with E-state index in [1.807, 2.05) is 13.1 Å². The quantitative estimate of drug-likeness (QED) is 0.709. The molecule has 5 nitrogen and oxygen atoms in total. The number of hydrogen-bond donors (Lipinski definition) is 1. The Labute approximate surface area is 108 Å². The average molecular weight is 251 g/mol. The second-order valence-corrected chi connectivity index (χ2v) is 4.60. The summed E-state index contributed by atoms with van der Waals surface area (Å²) in [4.78, 5) is 8.58. The van der Waals surface area contributed by atoms with E-state index in [0.717, 1.165) is 24.4 Å². The molecule has 0 aromatic carbocycles. The summed E-state index contributed by atoms with van der Waals surface area (Å²) >= 11 is 0. The van der Waals surface area contributed by atoms with Crippen LogP contribution in [0.3, 0.4) is 0 Å². The molecule has 1 aliphatic rings. The molecule has 1 N–H and O–H groups in total. The van der Waals surface area contributed by atoms with Gasteiger partial charge in [-0.25, -0.2) is 4.98 Å². The molecule has 5 heteroatoms. The predicted octanol–water partition coefficient (Wildman–Crippen LogP) is 1.45. The van der Waals surface area contributed by atoms with Crippen molar-refractivity contribution in [2.24, 2.45) is 0 Å². The number of nitrogens with one attached hydrogen (secondary N) is 1. The Morgan fingerprint density at radius 1 is 1.39 bits per heavy atom. The molecule has 0 amide bonds. The van der Waals surface area contributed by atoms with Gasteiger partial charge in [0.05, 0.1) is 6.61 Å². The molecule has 1 heterocycles. The number of ether oxygens (including phenoxy) is 2. The largest absolute Gasteiger partial charge is 0.477 e. The molecule has 100 valence electrons. The lowest BCUT2D eigenvalue weighted by Gasteiger charge is -2.11. The van der Waals surface area contributed by atoms with Crippen LogP contribution < -0.4 is 10.1 Å². The van der Waals surface area contributed by atoms with Crippen molar-refractivity contribution >= 4 is 0 Å². The van der Waals surface area contributed by atoms with Gasteiger partial charge in [0.15, 0.2) is 0 Å². The Balaban J connectivity index is 1.89. The number of aromatic nitrogens is 2. The lowest BCUT2D eigenvalue weighted by Crippen LogP contribution is -2.17. The van der Waals surface area contributed by atoms with Gasteiger partial charge >= 0.3 is 0 Å². The van der Waals surface area contributed by atoms with E-state index in [1.165, 1.54) is 12.8 Å². The zero-order valence-electron chi connectivity index (χ0n) is 11.1. The number of hydrogen-bond acceptors (Lipinski definition) is 5. The van der Waals surface area contributed by atoms with Crippen molar-refractivity contribution in [3.05, 3.63) is 17.6 Å². The molecular weight excluding hydrogens is 230 g/mol. The summed E-state index contributed by atoms with van der Waals surface area (Å²) < 4.78 is 10.7. The molecule has 0 spiro atoms. The molecular formula is C13H21N3O2. The molecule has 1 saturated carbocycles. The fraction of sp³-hybridized carbons (Fsp3) is 0.692. The summed E-state index contributed by atoms with van der Waals surface area (Å²) in [5.41, 5.74) is 1.03. The fourth-order valence-corrected chi connectivity index (χ4v) is 1.63. The number of rotatable bonds is 8. The van der Waals surface area contributed by atoms with Gasteiger partial charge in [0, 0.05) is 44.5 Å². The van der Waals surface area contributed by atoms with Crippen LogP contribution in [0, 0.1) is 6.92 Å². The highest BCUT2D eigenvalue weighted by molar-refractivity contribution is 5.23. The van der Waals surface area contributed by atoms with Gasteiger partial charge in [0.2, 0.25) is 5.88 Å². The van der Waals surface area contributed by atoms with Crippen LogP contribution in [0.25, 0.3) is 0 Å². The van der Waals surface area contributed by atoms with E-state index < -0.39 is 0 Å². The molecule has 0 bridgehead atoms. The predicted molar refractivity (Wildman–Crippen MR) is 68.6 cm³/mol. The zero-order valence-corrected chi connectivity index (χ0v) is 11.1. The van der Waals surface area contributed by atoms with E-state index in [1.54, 1.807) is 7.11 Å². The van der Waals surface area contributed by atoms with Crippen LogP contribution >= 0.6 is 0 Å². The monoisotopic (exact) mass is 251 g/mol. The van der Waals surface area contributed by atoms with Crippen LogP contribution in [0.1, 0.15) is 30.7 Å². The van der Waals surface area contributed by atoms with E-state index in [4.69, 9.17) is 9.47 Å². The lowest BCUT2D eigenvalue weighted by molar-refractivity contribution is 0.170. The third kappa shape index (κ3) is 4.23. The first-order chi connectivity index (χ1) is 8.79. The fourth-order valence-electron chi connectivity index (χ4n) is 1.63. The summed E-state index contributed by atoms with van der Waals surface area (Å²) in [6, 6.07) is 0.674. The molecule has 18 heavy (non-hydrogen) atoms. The highest BCUT2D eigenvalue weighted by atomic mass is 16.5. The SMILES string of the molecule is COCCCOc1nc(C)ncc1CNC1CC1. The van der Waals surface area contributed by atoms with Crippen molar-refractivity contribution in [1.82, 2.24) is 15.3 Å². The zero-order chi connectivity index (χ0) is 12.8. The van der Waals surface area contributed by atoms with Gasteiger partial charge in [0.1, 0.15) is 5.82 Å². The molecule has 0 saturated heterocycles. The first kappa shape index (κ1) is 13.2. The Morgan fingerprint density at radius 2 is 2.22 bits per heavy atom. The van der Waals surface area contributed by atoms with Crippen LogP contribution in [0.4, 0.5) is 0 Å². The third-order valence-corrected chi connectivity index (χ3v) is 2.84. The van der Waals surface area contributed by atoms with Crippen LogP contribution in [-0.4, -0.2) is 36.3 Å². The number of methoxy groups -OCH3 is 1. The van der Waals surface area contributed by atoms with Gasteiger partial charge in [-0.3, -0.25) is 0 Å². The Morgan fingerprint density at radius 3 is 2.94 bits per heavy atom. The number of nitrogens with zero attached hydrogens (tertiary/aromatic N) is 2. The van der Waals surface area contributed by atoms with Crippen LogP contribution in [0.15, 0.2) is 6.20 Å². The maximum Gasteiger partial charge on any atom is 0.221 e. The Bertz CT molecular complexity index is 380. The molecule has 1 fully saturated rings. The normalized spacial score (nSPS) is 14.8. The van der Waals surface area contributed by atoms with Crippen molar-refractivity contribution in [2.75, 3.05) is 20.3 Å². The third-order valence-electron chi connectivity index (χ3n) is 2.84. The van der Waals surface area contributed by atoms with E-state index >= 15 is 0 Å². The summed E-state index contributed by atoms with van der Waals surface area (Å²) in [6.45, 7) is 3.99. The van der Waals surface area contributed by atoms with Crippen molar-refractivity contribution in [2.45, 2.75) is 38.8 Å². The van der Waals surface area contributed by atoms with Gasteiger partial charge in [-0.2, -0.15) is 4.98 Å². The smallest absolute Gasteiger partial charge is 0.221 e.